The summed E-state index contributed by atoms with van der Waals surface area (Å²) in [4.78, 5) is 11.2. The van der Waals surface area contributed by atoms with E-state index in [2.05, 4.69) is 5.32 Å². The second-order valence-electron chi connectivity index (χ2n) is 4.24. The zero-order valence-electron chi connectivity index (χ0n) is 11.3. The van der Waals surface area contributed by atoms with Crippen LogP contribution in [0, 0.1) is 0 Å². The minimum Gasteiger partial charge on any atom is -0.480 e. The number of carbonyl (C=O) groups is 1. The van der Waals surface area contributed by atoms with Crippen LogP contribution in [0.1, 0.15) is 12.0 Å². The first kappa shape index (κ1) is 18.2. The highest BCUT2D eigenvalue weighted by atomic mass is 32.2. The molecule has 2 N–H and O–H groups in total. The van der Waals surface area contributed by atoms with Gasteiger partial charge in [0.15, 0.2) is 0 Å². The average molecular weight is 339 g/mol. The SMILES string of the molecule is CSCC[C@H](NCc1ccc(SC(F)(F)F)cc1)C(=O)O. The van der Waals surface area contributed by atoms with E-state index >= 15 is 0 Å². The normalized spacial score (nSPS) is 13.1. The summed E-state index contributed by atoms with van der Waals surface area (Å²) in [6.07, 6.45) is 2.40. The lowest BCUT2D eigenvalue weighted by Crippen LogP contribution is -2.36. The van der Waals surface area contributed by atoms with Crippen LogP contribution in [0.2, 0.25) is 0 Å². The summed E-state index contributed by atoms with van der Waals surface area (Å²) in [6, 6.07) is 5.24. The molecule has 1 aromatic rings. The molecule has 0 saturated carbocycles. The van der Waals surface area contributed by atoms with Crippen LogP contribution < -0.4 is 5.32 Å². The van der Waals surface area contributed by atoms with Crippen LogP contribution in [0.5, 0.6) is 0 Å². The second-order valence-corrected chi connectivity index (χ2v) is 6.37. The van der Waals surface area contributed by atoms with Gasteiger partial charge in [0.25, 0.3) is 0 Å². The molecular weight excluding hydrogens is 323 g/mol. The van der Waals surface area contributed by atoms with Crippen LogP contribution >= 0.6 is 23.5 Å². The number of thioether (sulfide) groups is 2. The third-order valence-corrected chi connectivity index (χ3v) is 4.00. The Morgan fingerprint density at radius 2 is 1.95 bits per heavy atom. The molecule has 8 heteroatoms. The highest BCUT2D eigenvalue weighted by Gasteiger charge is 2.29. The minimum absolute atomic E-state index is 0.114. The Morgan fingerprint density at radius 1 is 1.33 bits per heavy atom. The number of alkyl halides is 3. The van der Waals surface area contributed by atoms with Gasteiger partial charge >= 0.3 is 11.5 Å². The standard InChI is InChI=1S/C13H16F3NO2S2/c1-20-7-6-11(12(18)19)17-8-9-2-4-10(5-3-9)21-13(14,15)16/h2-5,11,17H,6-8H2,1H3,(H,18,19)/t11-/m0/s1. The van der Waals surface area contributed by atoms with Crippen molar-refractivity contribution < 1.29 is 23.1 Å². The summed E-state index contributed by atoms with van der Waals surface area (Å²) in [6.45, 7) is 0.308. The largest absolute Gasteiger partial charge is 0.480 e. The summed E-state index contributed by atoms with van der Waals surface area (Å²) in [5.74, 6) is -0.196. The second kappa shape index (κ2) is 8.55. The summed E-state index contributed by atoms with van der Waals surface area (Å²) in [5, 5.41) is 11.9. The van der Waals surface area contributed by atoms with Gasteiger partial charge in [-0.25, -0.2) is 0 Å². The maximum absolute atomic E-state index is 12.2. The van der Waals surface area contributed by atoms with E-state index in [1.165, 1.54) is 12.1 Å². The van der Waals surface area contributed by atoms with Gasteiger partial charge in [-0.2, -0.15) is 24.9 Å². The number of hydrogen-bond donors (Lipinski definition) is 2. The van der Waals surface area contributed by atoms with E-state index in [0.29, 0.717) is 13.0 Å². The fraction of sp³-hybridized carbons (Fsp3) is 0.462. The van der Waals surface area contributed by atoms with Gasteiger partial charge in [-0.3, -0.25) is 4.79 Å². The highest BCUT2D eigenvalue weighted by Crippen LogP contribution is 2.36. The van der Waals surface area contributed by atoms with Crippen LogP contribution in [0.4, 0.5) is 13.2 Å². The van der Waals surface area contributed by atoms with Gasteiger partial charge in [0, 0.05) is 11.4 Å². The van der Waals surface area contributed by atoms with Crippen LogP contribution in [0.3, 0.4) is 0 Å². The molecule has 21 heavy (non-hydrogen) atoms. The zero-order valence-corrected chi connectivity index (χ0v) is 12.9. The van der Waals surface area contributed by atoms with Crippen LogP contribution in [0.15, 0.2) is 29.2 Å². The first-order valence-corrected chi connectivity index (χ1v) is 8.32. The van der Waals surface area contributed by atoms with Crippen molar-refractivity contribution in [1.29, 1.82) is 0 Å². The Balaban J connectivity index is 2.53. The maximum Gasteiger partial charge on any atom is 0.446 e. The van der Waals surface area contributed by atoms with E-state index in [9.17, 15) is 18.0 Å². The fourth-order valence-electron chi connectivity index (χ4n) is 1.60. The first-order valence-electron chi connectivity index (χ1n) is 6.11. The van der Waals surface area contributed by atoms with Crippen molar-refractivity contribution in [2.75, 3.05) is 12.0 Å². The Labute approximate surface area is 129 Å². The number of hydrogen-bond acceptors (Lipinski definition) is 4. The summed E-state index contributed by atoms with van der Waals surface area (Å²) >= 11 is 1.40. The fourth-order valence-corrected chi connectivity index (χ4v) is 2.61. The molecule has 0 aliphatic heterocycles. The molecular formula is C13H16F3NO2S2. The third kappa shape index (κ3) is 7.63. The molecule has 0 aliphatic rings. The molecule has 0 aromatic heterocycles. The van der Waals surface area contributed by atoms with Gasteiger partial charge < -0.3 is 10.4 Å². The third-order valence-electron chi connectivity index (χ3n) is 2.62. The minimum atomic E-state index is -4.30. The Hall–Kier alpha value is -0.860. The molecule has 1 rings (SSSR count). The highest BCUT2D eigenvalue weighted by molar-refractivity contribution is 8.00. The van der Waals surface area contributed by atoms with Crippen molar-refractivity contribution in [1.82, 2.24) is 5.32 Å². The molecule has 0 amide bonds. The predicted molar refractivity (Wildman–Crippen MR) is 79.6 cm³/mol. The van der Waals surface area contributed by atoms with E-state index in [-0.39, 0.29) is 16.7 Å². The Bertz CT molecular complexity index is 452. The van der Waals surface area contributed by atoms with Crippen molar-refractivity contribution >= 4 is 29.5 Å². The molecule has 0 unspecified atom stereocenters. The zero-order chi connectivity index (χ0) is 15.9. The quantitative estimate of drug-likeness (QED) is 0.709. The number of nitrogens with one attached hydrogen (secondary N) is 1. The van der Waals surface area contributed by atoms with E-state index in [1.807, 2.05) is 6.26 Å². The number of carboxylic acids is 1. The Morgan fingerprint density at radius 3 is 2.43 bits per heavy atom. The smallest absolute Gasteiger partial charge is 0.446 e. The van der Waals surface area contributed by atoms with Crippen molar-refractivity contribution in [3.63, 3.8) is 0 Å². The summed E-state index contributed by atoms with van der Waals surface area (Å²) in [5.41, 5.74) is -3.55. The van der Waals surface area contributed by atoms with Gasteiger partial charge in [0.05, 0.1) is 0 Å². The predicted octanol–water partition coefficient (Wildman–Crippen LogP) is 3.59. The number of rotatable bonds is 8. The number of aliphatic carboxylic acids is 1. The molecule has 3 nitrogen and oxygen atoms in total. The molecule has 0 bridgehead atoms. The van der Waals surface area contributed by atoms with E-state index in [4.69, 9.17) is 5.11 Å². The van der Waals surface area contributed by atoms with Crippen molar-refractivity contribution in [2.24, 2.45) is 0 Å². The van der Waals surface area contributed by atoms with Crippen molar-refractivity contribution in [3.8, 4) is 0 Å². The van der Waals surface area contributed by atoms with Crippen LogP contribution in [0.25, 0.3) is 0 Å². The molecule has 0 radical (unpaired) electrons. The molecule has 0 fully saturated rings. The first-order chi connectivity index (χ1) is 9.81. The van der Waals surface area contributed by atoms with Crippen molar-refractivity contribution in [2.45, 2.75) is 29.4 Å². The lowest BCUT2D eigenvalue weighted by molar-refractivity contribution is -0.139. The maximum atomic E-state index is 12.2. The van der Waals surface area contributed by atoms with E-state index in [1.54, 1.807) is 23.9 Å². The van der Waals surface area contributed by atoms with Gasteiger partial charge in [0.1, 0.15) is 6.04 Å². The number of carboxylic acid groups (broad SMARTS) is 1. The molecule has 0 aliphatic carbocycles. The lowest BCUT2D eigenvalue weighted by Gasteiger charge is -2.14. The number of benzene rings is 1. The molecule has 0 saturated heterocycles. The lowest BCUT2D eigenvalue weighted by atomic mass is 10.2. The monoisotopic (exact) mass is 339 g/mol. The topological polar surface area (TPSA) is 49.3 Å². The average Bonchev–Trinajstić information content (AvgIpc) is 2.38. The van der Waals surface area contributed by atoms with Gasteiger partial charge in [-0.15, -0.1) is 0 Å². The van der Waals surface area contributed by atoms with Gasteiger partial charge in [0.2, 0.25) is 0 Å². The van der Waals surface area contributed by atoms with Gasteiger partial charge in [-0.05, 0) is 47.9 Å². The van der Waals surface area contributed by atoms with Gasteiger partial charge in [-0.1, -0.05) is 12.1 Å². The summed E-state index contributed by atoms with van der Waals surface area (Å²) in [7, 11) is 0. The van der Waals surface area contributed by atoms with E-state index in [0.717, 1.165) is 11.3 Å². The van der Waals surface area contributed by atoms with Crippen molar-refractivity contribution in [3.05, 3.63) is 29.8 Å². The Kier molecular flexibility index (Phi) is 7.41. The van der Waals surface area contributed by atoms with E-state index < -0.39 is 17.5 Å². The van der Waals surface area contributed by atoms with Crippen LogP contribution in [-0.2, 0) is 11.3 Å². The molecule has 1 atom stereocenters. The molecule has 0 heterocycles. The molecule has 0 spiro atoms. The molecule has 118 valence electrons. The van der Waals surface area contributed by atoms with Crippen LogP contribution in [-0.4, -0.2) is 34.6 Å². The molecule has 1 aromatic carbocycles. The summed E-state index contributed by atoms with van der Waals surface area (Å²) < 4.78 is 36.6. The number of halogens is 3.